The van der Waals surface area contributed by atoms with E-state index in [9.17, 15) is 14.4 Å². The van der Waals surface area contributed by atoms with Crippen LogP contribution in [-0.2, 0) is 24.7 Å². The average Bonchev–Trinajstić information content (AvgIpc) is 2.74. The molecule has 0 saturated carbocycles. The highest BCUT2D eigenvalue weighted by atomic mass is 16.5. The number of nitrogens with zero attached hydrogens (tertiary/aromatic N) is 3. The Hall–Kier alpha value is -2.45. The summed E-state index contributed by atoms with van der Waals surface area (Å²) in [5, 5.41) is 9.06. The van der Waals surface area contributed by atoms with Crippen LogP contribution in [0.4, 0.5) is 0 Å². The highest BCUT2D eigenvalue weighted by molar-refractivity contribution is 5.86. The van der Waals surface area contributed by atoms with Crippen molar-refractivity contribution in [2.45, 2.75) is 25.4 Å². The van der Waals surface area contributed by atoms with Crippen molar-refractivity contribution in [1.29, 1.82) is 0 Å². The fourth-order valence-electron chi connectivity index (χ4n) is 3.43. The summed E-state index contributed by atoms with van der Waals surface area (Å²) in [6.45, 7) is 3.90. The Bertz CT molecular complexity index is 712. The van der Waals surface area contributed by atoms with E-state index in [4.69, 9.17) is 9.84 Å². The van der Waals surface area contributed by atoms with Crippen LogP contribution in [0.15, 0.2) is 30.3 Å². The van der Waals surface area contributed by atoms with Gasteiger partial charge >= 0.3 is 5.97 Å². The summed E-state index contributed by atoms with van der Waals surface area (Å²) in [7, 11) is 3.42. The Morgan fingerprint density at radius 2 is 1.76 bits per heavy atom. The van der Waals surface area contributed by atoms with Gasteiger partial charge in [-0.05, 0) is 26.0 Å². The number of rotatable bonds is 5. The third kappa shape index (κ3) is 6.01. The van der Waals surface area contributed by atoms with Crippen LogP contribution in [0.2, 0.25) is 0 Å². The van der Waals surface area contributed by atoms with Crippen molar-refractivity contribution in [3.05, 3.63) is 35.9 Å². The zero-order valence-electron chi connectivity index (χ0n) is 17.5. The van der Waals surface area contributed by atoms with Crippen LogP contribution in [0, 0.1) is 0 Å². The van der Waals surface area contributed by atoms with Crippen LogP contribution in [0.3, 0.4) is 0 Å². The standard InChI is InChI=1S/C21H31N3O5/c1-21(29-3,17-8-5-4-6-9-17)20(28)23-11-7-10-18(25)24(16-19(26)27)15-13-22(2)12-14-23/h4-6,8-9H,7,10-16H2,1-3H3,(H,26,27). The van der Waals surface area contributed by atoms with Gasteiger partial charge in [0, 0.05) is 46.3 Å². The maximum atomic E-state index is 13.4. The van der Waals surface area contributed by atoms with Gasteiger partial charge in [-0.2, -0.15) is 0 Å². The highest BCUT2D eigenvalue weighted by Gasteiger charge is 2.38. The molecule has 1 aromatic rings. The summed E-state index contributed by atoms with van der Waals surface area (Å²) < 4.78 is 5.66. The lowest BCUT2D eigenvalue weighted by molar-refractivity contribution is -0.154. The second kappa shape index (κ2) is 10.4. The van der Waals surface area contributed by atoms with Gasteiger partial charge in [-0.1, -0.05) is 30.3 Å². The summed E-state index contributed by atoms with van der Waals surface area (Å²) in [5.41, 5.74) is -0.335. The van der Waals surface area contributed by atoms with Crippen molar-refractivity contribution in [2.24, 2.45) is 0 Å². The van der Waals surface area contributed by atoms with E-state index in [1.165, 1.54) is 12.0 Å². The first kappa shape index (κ1) is 22.8. The Kier molecular flexibility index (Phi) is 8.16. The van der Waals surface area contributed by atoms with E-state index in [0.29, 0.717) is 39.1 Å². The van der Waals surface area contributed by atoms with E-state index in [-0.39, 0.29) is 24.8 Å². The van der Waals surface area contributed by atoms with Gasteiger partial charge in [0.1, 0.15) is 6.54 Å². The highest BCUT2D eigenvalue weighted by Crippen LogP contribution is 2.27. The molecular formula is C21H31N3O5. The number of hydrogen-bond donors (Lipinski definition) is 1. The number of carboxylic acids is 1. The summed E-state index contributed by atoms with van der Waals surface area (Å²) in [5.74, 6) is -1.37. The predicted molar refractivity (Wildman–Crippen MR) is 108 cm³/mol. The molecule has 1 N–H and O–H groups in total. The number of ether oxygens (including phenoxy) is 1. The van der Waals surface area contributed by atoms with Gasteiger partial charge in [0.25, 0.3) is 5.91 Å². The van der Waals surface area contributed by atoms with Crippen molar-refractivity contribution in [3.8, 4) is 0 Å². The molecule has 1 aliphatic rings. The van der Waals surface area contributed by atoms with Crippen molar-refractivity contribution in [1.82, 2.24) is 14.7 Å². The minimum atomic E-state index is -1.11. The Morgan fingerprint density at radius 3 is 2.38 bits per heavy atom. The average molecular weight is 405 g/mol. The topological polar surface area (TPSA) is 90.4 Å². The molecule has 2 amide bonds. The predicted octanol–water partition coefficient (Wildman–Crippen LogP) is 1.02. The summed E-state index contributed by atoms with van der Waals surface area (Å²) in [6, 6.07) is 9.37. The molecule has 1 atom stereocenters. The maximum absolute atomic E-state index is 13.4. The molecule has 1 heterocycles. The lowest BCUT2D eigenvalue weighted by Crippen LogP contribution is -2.49. The maximum Gasteiger partial charge on any atom is 0.323 e. The van der Waals surface area contributed by atoms with E-state index >= 15 is 0 Å². The number of carboxylic acid groups (broad SMARTS) is 1. The molecule has 160 valence electrons. The van der Waals surface area contributed by atoms with E-state index in [1.807, 2.05) is 42.3 Å². The van der Waals surface area contributed by atoms with Crippen molar-refractivity contribution >= 4 is 17.8 Å². The minimum Gasteiger partial charge on any atom is -0.480 e. The van der Waals surface area contributed by atoms with E-state index in [2.05, 4.69) is 0 Å². The van der Waals surface area contributed by atoms with Gasteiger partial charge < -0.3 is 24.5 Å². The summed E-state index contributed by atoms with van der Waals surface area (Å²) in [4.78, 5) is 42.0. The zero-order valence-corrected chi connectivity index (χ0v) is 17.5. The molecule has 0 bridgehead atoms. The lowest BCUT2D eigenvalue weighted by Gasteiger charge is -2.34. The second-order valence-electron chi connectivity index (χ2n) is 7.51. The van der Waals surface area contributed by atoms with Gasteiger partial charge in [0.15, 0.2) is 5.60 Å². The van der Waals surface area contributed by atoms with Crippen molar-refractivity contribution in [2.75, 3.05) is 53.4 Å². The van der Waals surface area contributed by atoms with Gasteiger partial charge in [-0.15, -0.1) is 0 Å². The number of amides is 2. The zero-order chi connectivity index (χ0) is 21.4. The van der Waals surface area contributed by atoms with Gasteiger partial charge in [-0.25, -0.2) is 0 Å². The molecule has 29 heavy (non-hydrogen) atoms. The molecule has 1 aromatic carbocycles. The van der Waals surface area contributed by atoms with Crippen LogP contribution in [0.5, 0.6) is 0 Å². The molecule has 0 aliphatic carbocycles. The first-order valence-corrected chi connectivity index (χ1v) is 9.86. The molecule has 0 radical (unpaired) electrons. The monoisotopic (exact) mass is 405 g/mol. The quantitative estimate of drug-likeness (QED) is 0.787. The molecular weight excluding hydrogens is 374 g/mol. The van der Waals surface area contributed by atoms with E-state index in [0.717, 1.165) is 5.56 Å². The summed E-state index contributed by atoms with van der Waals surface area (Å²) >= 11 is 0. The molecule has 1 aliphatic heterocycles. The largest absolute Gasteiger partial charge is 0.480 e. The first-order chi connectivity index (χ1) is 13.8. The van der Waals surface area contributed by atoms with Gasteiger partial charge in [0.05, 0.1) is 0 Å². The lowest BCUT2D eigenvalue weighted by atomic mass is 9.94. The molecule has 2 rings (SSSR count). The molecule has 8 heteroatoms. The number of carbonyl (C=O) groups is 3. The van der Waals surface area contributed by atoms with Crippen LogP contribution < -0.4 is 0 Å². The second-order valence-corrected chi connectivity index (χ2v) is 7.51. The first-order valence-electron chi connectivity index (χ1n) is 9.86. The Labute approximate surface area is 172 Å². The fourth-order valence-corrected chi connectivity index (χ4v) is 3.43. The molecule has 1 saturated heterocycles. The van der Waals surface area contributed by atoms with Crippen molar-refractivity contribution < 1.29 is 24.2 Å². The molecule has 8 nitrogen and oxygen atoms in total. The molecule has 0 spiro atoms. The molecule has 0 aromatic heterocycles. The smallest absolute Gasteiger partial charge is 0.323 e. The van der Waals surface area contributed by atoms with Crippen LogP contribution in [0.25, 0.3) is 0 Å². The number of aliphatic carboxylic acids is 1. The SMILES string of the molecule is COC(C)(C(=O)N1CCCC(=O)N(CC(=O)O)CCN(C)CC1)c1ccccc1. The fraction of sp³-hybridized carbons (Fsp3) is 0.571. The summed E-state index contributed by atoms with van der Waals surface area (Å²) in [6.07, 6.45) is 0.675. The minimum absolute atomic E-state index is 0.145. The number of methoxy groups -OCH3 is 1. The number of likely N-dealkylation sites (N-methyl/N-ethyl adjacent to an activating group) is 1. The van der Waals surface area contributed by atoms with Crippen LogP contribution in [-0.4, -0.2) is 91.0 Å². The number of carbonyl (C=O) groups excluding carboxylic acids is 2. The number of hydrogen-bond acceptors (Lipinski definition) is 5. The van der Waals surface area contributed by atoms with E-state index < -0.39 is 11.6 Å². The van der Waals surface area contributed by atoms with E-state index in [1.54, 1.807) is 11.8 Å². The third-order valence-corrected chi connectivity index (χ3v) is 5.43. The van der Waals surface area contributed by atoms with Gasteiger partial charge in [-0.3, -0.25) is 14.4 Å². The van der Waals surface area contributed by atoms with Crippen LogP contribution in [0.1, 0.15) is 25.3 Å². The Balaban J connectivity index is 2.17. The Morgan fingerprint density at radius 1 is 1.10 bits per heavy atom. The van der Waals surface area contributed by atoms with Crippen molar-refractivity contribution in [3.63, 3.8) is 0 Å². The molecule has 1 unspecified atom stereocenters. The molecule has 1 fully saturated rings. The van der Waals surface area contributed by atoms with Gasteiger partial charge in [0.2, 0.25) is 5.91 Å². The normalized spacial score (nSPS) is 19.3. The third-order valence-electron chi connectivity index (χ3n) is 5.43. The van der Waals surface area contributed by atoms with Crippen LogP contribution >= 0.6 is 0 Å². The number of benzene rings is 1.